The van der Waals surface area contributed by atoms with E-state index in [4.69, 9.17) is 9.72 Å². The Morgan fingerprint density at radius 3 is 2.42 bits per heavy atom. The summed E-state index contributed by atoms with van der Waals surface area (Å²) in [6.07, 6.45) is 2.87. The number of aryl methyl sites for hydroxylation is 3. The van der Waals surface area contributed by atoms with Gasteiger partial charge in [0.1, 0.15) is 11.5 Å². The molecule has 2 aromatic carbocycles. The summed E-state index contributed by atoms with van der Waals surface area (Å²) in [5.41, 5.74) is 4.59. The number of benzene rings is 2. The number of carbonyl (C=O) groups is 2. The quantitative estimate of drug-likeness (QED) is 0.229. The smallest absolute Gasteiger partial charge is 0.421 e. The molecule has 1 N–H and O–H groups in total. The summed E-state index contributed by atoms with van der Waals surface area (Å²) in [6, 6.07) is 12.3. The van der Waals surface area contributed by atoms with E-state index in [1.54, 1.807) is 25.1 Å². The molecule has 0 atom stereocenters. The number of hydrogen-bond donors (Lipinski definition) is 1. The molecule has 0 radical (unpaired) electrons. The molecule has 0 fully saturated rings. The number of ether oxygens (including phenoxy) is 1. The average molecular weight is 540 g/mol. The van der Waals surface area contributed by atoms with Crippen molar-refractivity contribution in [1.29, 1.82) is 0 Å². The predicted octanol–water partition coefficient (Wildman–Crippen LogP) is 5.84. The number of sulfonamides is 1. The molecule has 0 aliphatic rings. The summed E-state index contributed by atoms with van der Waals surface area (Å²) in [6.45, 7) is 10.2. The Balaban J connectivity index is 1.95. The number of carbonyl (C=O) groups excluding carboxylic acids is 2. The van der Waals surface area contributed by atoms with E-state index in [-0.39, 0.29) is 17.3 Å². The van der Waals surface area contributed by atoms with E-state index in [1.165, 1.54) is 6.07 Å². The molecule has 1 aromatic heterocycles. The highest BCUT2D eigenvalue weighted by Crippen LogP contribution is 2.29. The van der Waals surface area contributed by atoms with Crippen molar-refractivity contribution in [2.24, 2.45) is 0 Å². The first-order valence-electron chi connectivity index (χ1n) is 13.1. The number of unbranched alkanes of at least 4 members (excludes halogenated alkanes) is 1. The number of imidazole rings is 1. The normalized spacial score (nSPS) is 11.4. The first-order chi connectivity index (χ1) is 18.1. The third kappa shape index (κ3) is 6.69. The van der Waals surface area contributed by atoms with Crippen LogP contribution in [0, 0.1) is 6.92 Å². The second-order valence-corrected chi connectivity index (χ2v) is 11.0. The predicted molar refractivity (Wildman–Crippen MR) is 148 cm³/mol. The lowest BCUT2D eigenvalue weighted by Gasteiger charge is -2.16. The van der Waals surface area contributed by atoms with Crippen LogP contribution in [0.15, 0.2) is 47.4 Å². The van der Waals surface area contributed by atoms with Crippen molar-refractivity contribution in [1.82, 2.24) is 14.3 Å². The van der Waals surface area contributed by atoms with Crippen LogP contribution in [0.3, 0.4) is 0 Å². The SMILES string of the molecule is CCCCOC(=O)NS(=O)(=O)c1ccccc1-c1ccc(Cn2c(CCC)nc(CC)c2C(C)=O)c(C)c1. The number of ketones is 1. The molecule has 0 aliphatic carbocycles. The molecular formula is C29H37N3O5S. The van der Waals surface area contributed by atoms with E-state index in [9.17, 15) is 18.0 Å². The minimum Gasteiger partial charge on any atom is -0.449 e. The van der Waals surface area contributed by atoms with Crippen LogP contribution >= 0.6 is 0 Å². The molecular weight excluding hydrogens is 502 g/mol. The summed E-state index contributed by atoms with van der Waals surface area (Å²) in [5.74, 6) is 0.886. The third-order valence-corrected chi connectivity index (χ3v) is 7.74. The van der Waals surface area contributed by atoms with E-state index >= 15 is 0 Å². The van der Waals surface area contributed by atoms with E-state index < -0.39 is 16.1 Å². The van der Waals surface area contributed by atoms with Gasteiger partial charge in [0, 0.05) is 25.5 Å². The maximum atomic E-state index is 13.0. The minimum absolute atomic E-state index is 0.00844. The zero-order valence-electron chi connectivity index (χ0n) is 22.8. The minimum atomic E-state index is -4.15. The molecule has 0 saturated carbocycles. The zero-order chi connectivity index (χ0) is 27.9. The van der Waals surface area contributed by atoms with E-state index in [0.29, 0.717) is 36.2 Å². The summed E-state index contributed by atoms with van der Waals surface area (Å²) in [4.78, 5) is 29.3. The molecule has 0 bridgehead atoms. The second-order valence-electron chi connectivity index (χ2n) is 9.30. The van der Waals surface area contributed by atoms with Crippen LogP contribution < -0.4 is 4.72 Å². The highest BCUT2D eigenvalue weighted by Gasteiger charge is 2.23. The Labute approximate surface area is 225 Å². The van der Waals surface area contributed by atoms with Gasteiger partial charge in [-0.3, -0.25) is 4.79 Å². The molecule has 204 valence electrons. The van der Waals surface area contributed by atoms with Gasteiger partial charge < -0.3 is 9.30 Å². The molecule has 9 heteroatoms. The first kappa shape index (κ1) is 29.1. The Morgan fingerprint density at radius 1 is 1.05 bits per heavy atom. The number of Topliss-reactive ketones (excluding diaryl/α,β-unsaturated/α-hetero) is 1. The van der Waals surface area contributed by atoms with Crippen LogP contribution in [-0.4, -0.2) is 36.5 Å². The number of rotatable bonds is 12. The van der Waals surface area contributed by atoms with E-state index in [1.807, 2.05) is 48.3 Å². The van der Waals surface area contributed by atoms with Crippen molar-refractivity contribution < 1.29 is 22.7 Å². The van der Waals surface area contributed by atoms with E-state index in [0.717, 1.165) is 41.9 Å². The average Bonchev–Trinajstić information content (AvgIpc) is 3.22. The van der Waals surface area contributed by atoms with Gasteiger partial charge in [0.2, 0.25) is 0 Å². The number of aromatic nitrogens is 2. The second kappa shape index (κ2) is 12.9. The molecule has 0 unspecified atom stereocenters. The first-order valence-corrected chi connectivity index (χ1v) is 14.6. The van der Waals surface area contributed by atoms with Crippen molar-refractivity contribution in [3.05, 3.63) is 70.8 Å². The fourth-order valence-corrected chi connectivity index (χ4v) is 5.55. The molecule has 38 heavy (non-hydrogen) atoms. The molecule has 0 saturated heterocycles. The number of amides is 1. The standard InChI is InChI=1S/C29H37N3O5S/c1-6-9-17-37-29(34)31-38(35,36)26-14-11-10-13-24(26)22-15-16-23(20(4)18-22)19-32-27(12-7-2)30-25(8-3)28(32)21(5)33/h10-11,13-16,18H,6-9,12,17,19H2,1-5H3,(H,31,34). The lowest BCUT2D eigenvalue weighted by Crippen LogP contribution is -2.31. The number of nitrogens with one attached hydrogen (secondary N) is 1. The van der Waals surface area contributed by atoms with Crippen LogP contribution in [0.1, 0.15) is 80.1 Å². The van der Waals surface area contributed by atoms with Gasteiger partial charge in [-0.2, -0.15) is 0 Å². The van der Waals surface area contributed by atoms with Crippen molar-refractivity contribution in [2.75, 3.05) is 6.61 Å². The fraction of sp³-hybridized carbons (Fsp3) is 0.414. The fourth-order valence-electron chi connectivity index (χ4n) is 4.43. The Morgan fingerprint density at radius 2 is 1.79 bits per heavy atom. The number of nitrogens with zero attached hydrogens (tertiary/aromatic N) is 2. The third-order valence-electron chi connectivity index (χ3n) is 6.37. The Kier molecular flexibility index (Phi) is 9.85. The maximum Gasteiger partial charge on any atom is 0.421 e. The molecule has 0 spiro atoms. The summed E-state index contributed by atoms with van der Waals surface area (Å²) in [5, 5.41) is 0. The molecule has 3 rings (SSSR count). The molecule has 0 aliphatic heterocycles. The summed E-state index contributed by atoms with van der Waals surface area (Å²) < 4.78 is 35.1. The molecule has 8 nitrogen and oxygen atoms in total. The van der Waals surface area contributed by atoms with Crippen molar-refractivity contribution >= 4 is 21.9 Å². The zero-order valence-corrected chi connectivity index (χ0v) is 23.7. The van der Waals surface area contributed by atoms with Crippen LogP contribution in [0.4, 0.5) is 4.79 Å². The lowest BCUT2D eigenvalue weighted by atomic mass is 9.99. The van der Waals surface area contributed by atoms with Gasteiger partial charge in [0.25, 0.3) is 10.0 Å². The van der Waals surface area contributed by atoms with Gasteiger partial charge in [-0.15, -0.1) is 0 Å². The van der Waals surface area contributed by atoms with E-state index in [2.05, 4.69) is 6.92 Å². The van der Waals surface area contributed by atoms with Gasteiger partial charge >= 0.3 is 6.09 Å². The van der Waals surface area contributed by atoms with Crippen molar-refractivity contribution in [3.8, 4) is 11.1 Å². The van der Waals surface area contributed by atoms with Crippen LogP contribution in [0.2, 0.25) is 0 Å². The van der Waals surface area contributed by atoms with Crippen LogP contribution in [0.5, 0.6) is 0 Å². The van der Waals surface area contributed by atoms with Gasteiger partial charge in [-0.05, 0) is 48.9 Å². The largest absolute Gasteiger partial charge is 0.449 e. The van der Waals surface area contributed by atoms with Crippen molar-refractivity contribution in [3.63, 3.8) is 0 Å². The highest BCUT2D eigenvalue weighted by atomic mass is 32.2. The van der Waals surface area contributed by atoms with Crippen molar-refractivity contribution in [2.45, 2.75) is 78.2 Å². The Bertz CT molecular complexity index is 1410. The van der Waals surface area contributed by atoms with Gasteiger partial charge in [0.05, 0.1) is 17.2 Å². The van der Waals surface area contributed by atoms with Gasteiger partial charge in [0.15, 0.2) is 5.78 Å². The maximum absolute atomic E-state index is 13.0. The summed E-state index contributed by atoms with van der Waals surface area (Å²) >= 11 is 0. The highest BCUT2D eigenvalue weighted by molar-refractivity contribution is 7.90. The van der Waals surface area contributed by atoms with Gasteiger partial charge in [-0.25, -0.2) is 22.9 Å². The van der Waals surface area contributed by atoms with Crippen LogP contribution in [0.25, 0.3) is 11.1 Å². The lowest BCUT2D eigenvalue weighted by molar-refractivity contribution is 0.100. The van der Waals surface area contributed by atoms with Gasteiger partial charge in [-0.1, -0.05) is 63.6 Å². The summed E-state index contributed by atoms with van der Waals surface area (Å²) in [7, 11) is -4.15. The molecule has 3 aromatic rings. The topological polar surface area (TPSA) is 107 Å². The molecule has 1 amide bonds. The monoisotopic (exact) mass is 539 g/mol. The molecule has 1 heterocycles. The number of hydrogen-bond acceptors (Lipinski definition) is 6. The Hall–Kier alpha value is -3.46. The van der Waals surface area contributed by atoms with Crippen LogP contribution in [-0.2, 0) is 34.1 Å².